The quantitative estimate of drug-likeness (QED) is 0.804. The summed E-state index contributed by atoms with van der Waals surface area (Å²) in [4.78, 5) is 18.1. The molecule has 1 unspecified atom stereocenters. The van der Waals surface area contributed by atoms with Crippen molar-refractivity contribution in [2.75, 3.05) is 19.7 Å². The van der Waals surface area contributed by atoms with Crippen molar-refractivity contribution in [2.24, 2.45) is 0 Å². The maximum Gasteiger partial charge on any atom is 0.260 e. The second-order valence-corrected chi connectivity index (χ2v) is 6.20. The average Bonchev–Trinajstić information content (AvgIpc) is 3.04. The molecular weight excluding hydrogens is 360 g/mol. The van der Waals surface area contributed by atoms with Crippen LogP contribution in [0, 0.1) is 0 Å². The van der Waals surface area contributed by atoms with Gasteiger partial charge in [0.1, 0.15) is 11.9 Å². The topological polar surface area (TPSA) is 51.7 Å². The van der Waals surface area contributed by atoms with Crippen molar-refractivity contribution < 1.29 is 14.3 Å². The van der Waals surface area contributed by atoms with Crippen LogP contribution in [0.25, 0.3) is 0 Å². The van der Waals surface area contributed by atoms with Crippen molar-refractivity contribution >= 4 is 21.8 Å². The number of carbonyl (C=O) groups is 1. The van der Waals surface area contributed by atoms with Gasteiger partial charge in [-0.15, -0.1) is 0 Å². The van der Waals surface area contributed by atoms with Crippen LogP contribution in [0.4, 0.5) is 0 Å². The molecule has 0 spiro atoms. The molecule has 1 aliphatic rings. The van der Waals surface area contributed by atoms with Gasteiger partial charge < -0.3 is 14.4 Å². The third-order valence-electron chi connectivity index (χ3n) is 3.59. The highest BCUT2D eigenvalue weighted by atomic mass is 79.9. The largest absolute Gasteiger partial charge is 0.484 e. The molecule has 0 radical (unpaired) electrons. The monoisotopic (exact) mass is 376 g/mol. The van der Waals surface area contributed by atoms with E-state index in [0.717, 1.165) is 10.9 Å². The maximum absolute atomic E-state index is 12.2. The smallest absolute Gasteiger partial charge is 0.260 e. The van der Waals surface area contributed by atoms with Crippen molar-refractivity contribution in [3.8, 4) is 11.6 Å². The second-order valence-electron chi connectivity index (χ2n) is 5.28. The van der Waals surface area contributed by atoms with E-state index >= 15 is 0 Å². The van der Waals surface area contributed by atoms with Crippen molar-refractivity contribution in [3.63, 3.8) is 0 Å². The molecule has 23 heavy (non-hydrogen) atoms. The summed E-state index contributed by atoms with van der Waals surface area (Å²) in [6.07, 6.45) is 2.47. The first-order chi connectivity index (χ1) is 11.2. The van der Waals surface area contributed by atoms with Gasteiger partial charge in [-0.1, -0.05) is 18.2 Å². The Morgan fingerprint density at radius 2 is 2.09 bits per heavy atom. The van der Waals surface area contributed by atoms with E-state index < -0.39 is 0 Å². The number of aromatic nitrogens is 1. The zero-order chi connectivity index (χ0) is 16.1. The number of para-hydroxylation sites is 1. The molecule has 1 aromatic heterocycles. The summed E-state index contributed by atoms with van der Waals surface area (Å²) in [6.45, 7) is 1.29. The van der Waals surface area contributed by atoms with Crippen molar-refractivity contribution in [1.29, 1.82) is 0 Å². The third-order valence-corrected chi connectivity index (χ3v) is 4.06. The molecular formula is C17H17BrN2O3. The van der Waals surface area contributed by atoms with E-state index in [1.807, 2.05) is 42.5 Å². The summed E-state index contributed by atoms with van der Waals surface area (Å²) >= 11 is 3.34. The van der Waals surface area contributed by atoms with Crippen LogP contribution in [0.2, 0.25) is 0 Å². The molecule has 5 nitrogen and oxygen atoms in total. The van der Waals surface area contributed by atoms with E-state index in [-0.39, 0.29) is 18.6 Å². The molecule has 120 valence electrons. The minimum absolute atomic E-state index is 0.0237. The van der Waals surface area contributed by atoms with E-state index in [1.165, 1.54) is 0 Å². The lowest BCUT2D eigenvalue weighted by molar-refractivity contribution is -0.132. The number of nitrogens with zero attached hydrogens (tertiary/aromatic N) is 2. The van der Waals surface area contributed by atoms with Gasteiger partial charge in [-0.25, -0.2) is 4.98 Å². The van der Waals surface area contributed by atoms with Gasteiger partial charge in [-0.05, 0) is 34.1 Å². The van der Waals surface area contributed by atoms with Crippen molar-refractivity contribution in [1.82, 2.24) is 9.88 Å². The lowest BCUT2D eigenvalue weighted by Gasteiger charge is -2.17. The summed E-state index contributed by atoms with van der Waals surface area (Å²) < 4.78 is 12.2. The Balaban J connectivity index is 1.47. The van der Waals surface area contributed by atoms with Gasteiger partial charge in [-0.2, -0.15) is 0 Å². The van der Waals surface area contributed by atoms with Gasteiger partial charge in [0.2, 0.25) is 5.88 Å². The molecule has 0 saturated carbocycles. The van der Waals surface area contributed by atoms with E-state index in [2.05, 4.69) is 20.9 Å². The van der Waals surface area contributed by atoms with E-state index in [9.17, 15) is 4.79 Å². The Morgan fingerprint density at radius 1 is 1.26 bits per heavy atom. The summed E-state index contributed by atoms with van der Waals surface area (Å²) in [7, 11) is 0. The molecule has 1 atom stereocenters. The predicted octanol–water partition coefficient (Wildman–Crippen LogP) is 2.90. The second kappa shape index (κ2) is 7.46. The van der Waals surface area contributed by atoms with E-state index in [0.29, 0.717) is 24.7 Å². The summed E-state index contributed by atoms with van der Waals surface area (Å²) in [6, 6.07) is 13.0. The molecule has 6 heteroatoms. The molecule has 2 heterocycles. The fraction of sp³-hybridized carbons (Fsp3) is 0.294. The molecule has 0 aliphatic carbocycles. The van der Waals surface area contributed by atoms with Crippen LogP contribution in [0.15, 0.2) is 53.1 Å². The molecule has 1 aromatic carbocycles. The van der Waals surface area contributed by atoms with Crippen molar-refractivity contribution in [2.45, 2.75) is 12.5 Å². The normalized spacial score (nSPS) is 17.1. The lowest BCUT2D eigenvalue weighted by Crippen LogP contribution is -2.34. The predicted molar refractivity (Wildman–Crippen MR) is 89.5 cm³/mol. The molecule has 1 fully saturated rings. The summed E-state index contributed by atoms with van der Waals surface area (Å²) in [5.41, 5.74) is 0. The van der Waals surface area contributed by atoms with Crippen molar-refractivity contribution in [3.05, 3.63) is 53.1 Å². The molecule has 1 aliphatic heterocycles. The van der Waals surface area contributed by atoms with Gasteiger partial charge >= 0.3 is 0 Å². The highest BCUT2D eigenvalue weighted by molar-refractivity contribution is 9.10. The standard InChI is InChI=1S/C17H17BrN2O3/c18-13-6-7-16(19-10-13)23-15-8-9-20(11-15)17(21)12-22-14-4-2-1-3-5-14/h1-7,10,15H,8-9,11-12H2. The minimum atomic E-state index is -0.0243. The van der Waals surface area contributed by atoms with Crippen LogP contribution in [-0.4, -0.2) is 41.6 Å². The molecule has 2 aromatic rings. The number of hydrogen-bond acceptors (Lipinski definition) is 4. The average molecular weight is 377 g/mol. The third kappa shape index (κ3) is 4.45. The van der Waals surface area contributed by atoms with E-state index in [1.54, 1.807) is 11.1 Å². The van der Waals surface area contributed by atoms with Crippen LogP contribution in [0.5, 0.6) is 11.6 Å². The number of likely N-dealkylation sites (tertiary alicyclic amines) is 1. The Morgan fingerprint density at radius 3 is 2.83 bits per heavy atom. The fourth-order valence-electron chi connectivity index (χ4n) is 2.41. The Labute approximate surface area is 143 Å². The zero-order valence-corrected chi connectivity index (χ0v) is 14.1. The Kier molecular flexibility index (Phi) is 5.12. The number of carbonyl (C=O) groups excluding carboxylic acids is 1. The van der Waals surface area contributed by atoms with Crippen LogP contribution in [-0.2, 0) is 4.79 Å². The number of pyridine rings is 1. The Bertz CT molecular complexity index is 649. The van der Waals surface area contributed by atoms with Crippen LogP contribution < -0.4 is 9.47 Å². The van der Waals surface area contributed by atoms with Gasteiger partial charge in [-0.3, -0.25) is 4.79 Å². The molecule has 1 saturated heterocycles. The first-order valence-corrected chi connectivity index (χ1v) is 8.24. The number of amides is 1. The van der Waals surface area contributed by atoms with Gasteiger partial charge in [0.05, 0.1) is 6.54 Å². The zero-order valence-electron chi connectivity index (χ0n) is 12.5. The SMILES string of the molecule is O=C(COc1ccccc1)N1CCC(Oc2ccc(Br)cn2)C1. The first kappa shape index (κ1) is 15.8. The minimum Gasteiger partial charge on any atom is -0.484 e. The maximum atomic E-state index is 12.2. The molecule has 0 N–H and O–H groups in total. The molecule has 3 rings (SSSR count). The number of ether oxygens (including phenoxy) is 2. The fourth-order valence-corrected chi connectivity index (χ4v) is 2.64. The van der Waals surface area contributed by atoms with Crippen LogP contribution >= 0.6 is 15.9 Å². The Hall–Kier alpha value is -2.08. The number of halogens is 1. The van der Waals surface area contributed by atoms with Gasteiger partial charge in [0.15, 0.2) is 6.61 Å². The van der Waals surface area contributed by atoms with Crippen LogP contribution in [0.3, 0.4) is 0 Å². The first-order valence-electron chi connectivity index (χ1n) is 7.44. The lowest BCUT2D eigenvalue weighted by atomic mass is 10.3. The van der Waals surface area contributed by atoms with Gasteiger partial charge in [0, 0.05) is 29.7 Å². The summed E-state index contributed by atoms with van der Waals surface area (Å²) in [5.74, 6) is 1.25. The number of benzene rings is 1. The number of rotatable bonds is 5. The molecule has 1 amide bonds. The van der Waals surface area contributed by atoms with Gasteiger partial charge in [0.25, 0.3) is 5.91 Å². The van der Waals surface area contributed by atoms with Crippen LogP contribution in [0.1, 0.15) is 6.42 Å². The summed E-state index contributed by atoms with van der Waals surface area (Å²) in [5, 5.41) is 0. The highest BCUT2D eigenvalue weighted by Gasteiger charge is 2.28. The molecule has 0 bridgehead atoms. The highest BCUT2D eigenvalue weighted by Crippen LogP contribution is 2.18. The number of hydrogen-bond donors (Lipinski definition) is 0. The van der Waals surface area contributed by atoms with E-state index in [4.69, 9.17) is 9.47 Å².